The Morgan fingerprint density at radius 2 is 1.50 bits per heavy atom. The SMILES string of the molecule is CC(C)(C)CCCCCCCCCCCN(CCCN[C@@H](c1cc(-c2cc(F)ccc2F)cn1Cc1ccccc1)C1CCCCC1)C(=O)O. The molecule has 0 spiro atoms. The molecule has 0 radical (unpaired) electrons. The molecule has 0 unspecified atom stereocenters. The normalized spacial score (nSPS) is 14.6. The topological polar surface area (TPSA) is 57.5 Å². The predicted octanol–water partition coefficient (Wildman–Crippen LogP) is 12.0. The van der Waals surface area contributed by atoms with Crippen LogP contribution in [0.2, 0.25) is 0 Å². The van der Waals surface area contributed by atoms with Gasteiger partial charge < -0.3 is 19.9 Å². The van der Waals surface area contributed by atoms with Crippen LogP contribution in [0.5, 0.6) is 0 Å². The molecule has 1 aliphatic carbocycles. The van der Waals surface area contributed by atoms with Gasteiger partial charge in [-0.05, 0) is 79.8 Å². The van der Waals surface area contributed by atoms with Crippen LogP contribution >= 0.6 is 0 Å². The highest BCUT2D eigenvalue weighted by atomic mass is 19.1. The van der Waals surface area contributed by atoms with E-state index in [4.69, 9.17) is 0 Å². The lowest BCUT2D eigenvalue weighted by atomic mass is 9.82. The molecule has 50 heavy (non-hydrogen) atoms. The van der Waals surface area contributed by atoms with Gasteiger partial charge in [-0.3, -0.25) is 0 Å². The molecule has 2 aromatic carbocycles. The summed E-state index contributed by atoms with van der Waals surface area (Å²) >= 11 is 0. The Bertz CT molecular complexity index is 1410. The average Bonchev–Trinajstić information content (AvgIpc) is 3.50. The fraction of sp³-hybridized carbons (Fsp3) is 0.605. The summed E-state index contributed by atoms with van der Waals surface area (Å²) in [5.74, 6) is -0.480. The van der Waals surface area contributed by atoms with E-state index >= 15 is 0 Å². The maximum atomic E-state index is 15.0. The first kappa shape index (κ1) is 39.6. The zero-order valence-corrected chi connectivity index (χ0v) is 31.1. The van der Waals surface area contributed by atoms with Gasteiger partial charge in [0.25, 0.3) is 0 Å². The smallest absolute Gasteiger partial charge is 0.407 e. The van der Waals surface area contributed by atoms with E-state index in [2.05, 4.69) is 42.8 Å². The van der Waals surface area contributed by atoms with Crippen LogP contribution in [0.25, 0.3) is 11.1 Å². The van der Waals surface area contributed by atoms with E-state index in [0.29, 0.717) is 43.1 Å². The third kappa shape index (κ3) is 13.5. The van der Waals surface area contributed by atoms with Gasteiger partial charge >= 0.3 is 6.09 Å². The van der Waals surface area contributed by atoms with Gasteiger partial charge in [-0.2, -0.15) is 0 Å². The second kappa shape index (κ2) is 20.6. The molecule has 7 heteroatoms. The number of halogens is 2. The second-order valence-corrected chi connectivity index (χ2v) is 15.8. The number of unbranched alkanes of at least 4 members (excludes halogenated alkanes) is 8. The molecule has 276 valence electrons. The van der Waals surface area contributed by atoms with Crippen LogP contribution in [-0.4, -0.2) is 40.3 Å². The fourth-order valence-electron chi connectivity index (χ4n) is 7.58. The molecule has 4 rings (SSSR count). The first-order chi connectivity index (χ1) is 24.1. The van der Waals surface area contributed by atoms with Crippen LogP contribution in [0.3, 0.4) is 0 Å². The van der Waals surface area contributed by atoms with E-state index in [1.807, 2.05) is 30.5 Å². The van der Waals surface area contributed by atoms with Crippen molar-refractivity contribution in [2.45, 2.75) is 136 Å². The molecule has 1 atom stereocenters. The van der Waals surface area contributed by atoms with Gasteiger partial charge in [-0.25, -0.2) is 13.6 Å². The molecule has 1 heterocycles. The number of carbonyl (C=O) groups is 1. The van der Waals surface area contributed by atoms with Gasteiger partial charge in [0, 0.05) is 42.7 Å². The molecule has 1 aliphatic rings. The molecule has 2 N–H and O–H groups in total. The lowest BCUT2D eigenvalue weighted by Gasteiger charge is -2.32. The minimum absolute atomic E-state index is 0.0288. The molecule has 0 aliphatic heterocycles. The maximum absolute atomic E-state index is 15.0. The van der Waals surface area contributed by atoms with Crippen LogP contribution < -0.4 is 5.32 Å². The lowest BCUT2D eigenvalue weighted by Crippen LogP contribution is -2.36. The first-order valence-corrected chi connectivity index (χ1v) is 19.5. The molecule has 1 saturated carbocycles. The van der Waals surface area contributed by atoms with E-state index in [0.717, 1.165) is 49.4 Å². The number of benzene rings is 2. The Kier molecular flexibility index (Phi) is 16.3. The fourth-order valence-corrected chi connectivity index (χ4v) is 7.58. The number of hydrogen-bond donors (Lipinski definition) is 2. The van der Waals surface area contributed by atoms with Crippen molar-refractivity contribution in [3.63, 3.8) is 0 Å². The summed E-state index contributed by atoms with van der Waals surface area (Å²) in [5.41, 5.74) is 3.58. The van der Waals surface area contributed by atoms with Crippen molar-refractivity contribution in [3.8, 4) is 11.1 Å². The summed E-state index contributed by atoms with van der Waals surface area (Å²) in [6, 6.07) is 15.9. The van der Waals surface area contributed by atoms with Crippen LogP contribution in [0, 0.1) is 23.0 Å². The molecule has 3 aromatic rings. The largest absolute Gasteiger partial charge is 0.465 e. The van der Waals surface area contributed by atoms with E-state index in [-0.39, 0.29) is 11.6 Å². The summed E-state index contributed by atoms with van der Waals surface area (Å²) < 4.78 is 31.4. The Morgan fingerprint density at radius 3 is 2.16 bits per heavy atom. The molecule has 1 fully saturated rings. The van der Waals surface area contributed by atoms with Crippen molar-refractivity contribution >= 4 is 6.09 Å². The summed E-state index contributed by atoms with van der Waals surface area (Å²) in [6.45, 7) is 9.33. The van der Waals surface area contributed by atoms with Gasteiger partial charge in [0.15, 0.2) is 0 Å². The highest BCUT2D eigenvalue weighted by molar-refractivity contribution is 5.65. The Labute approximate surface area is 300 Å². The van der Waals surface area contributed by atoms with Crippen molar-refractivity contribution < 1.29 is 18.7 Å². The lowest BCUT2D eigenvalue weighted by molar-refractivity contribution is 0.143. The Balaban J connectivity index is 1.32. The van der Waals surface area contributed by atoms with Gasteiger partial charge in [-0.15, -0.1) is 0 Å². The minimum Gasteiger partial charge on any atom is -0.465 e. The molecule has 1 amide bonds. The number of rotatable bonds is 21. The molecular weight excluding hydrogens is 628 g/mol. The third-order valence-electron chi connectivity index (χ3n) is 10.4. The summed E-state index contributed by atoms with van der Waals surface area (Å²) in [7, 11) is 0. The zero-order chi connectivity index (χ0) is 35.8. The Hall–Kier alpha value is -3.19. The van der Waals surface area contributed by atoms with Crippen LogP contribution in [0.1, 0.15) is 141 Å². The third-order valence-corrected chi connectivity index (χ3v) is 10.4. The van der Waals surface area contributed by atoms with E-state index < -0.39 is 17.7 Å². The highest BCUT2D eigenvalue weighted by Crippen LogP contribution is 2.37. The predicted molar refractivity (Wildman–Crippen MR) is 202 cm³/mol. The van der Waals surface area contributed by atoms with Crippen LogP contribution in [0.15, 0.2) is 60.8 Å². The number of aromatic nitrogens is 1. The summed E-state index contributed by atoms with van der Waals surface area (Å²) in [5, 5.41) is 13.8. The molecule has 0 bridgehead atoms. The van der Waals surface area contributed by atoms with E-state index in [1.54, 1.807) is 4.90 Å². The maximum Gasteiger partial charge on any atom is 0.407 e. The van der Waals surface area contributed by atoms with Crippen molar-refractivity contribution in [2.24, 2.45) is 11.3 Å². The molecular formula is C43H63F2N3O2. The van der Waals surface area contributed by atoms with Gasteiger partial charge in [0.1, 0.15) is 11.6 Å². The number of carboxylic acid groups (broad SMARTS) is 1. The number of nitrogens with zero attached hydrogens (tertiary/aromatic N) is 2. The van der Waals surface area contributed by atoms with Gasteiger partial charge in [0.05, 0.1) is 6.04 Å². The molecule has 5 nitrogen and oxygen atoms in total. The average molecular weight is 692 g/mol. The molecule has 1 aromatic heterocycles. The van der Waals surface area contributed by atoms with Crippen LogP contribution in [0.4, 0.5) is 13.6 Å². The van der Waals surface area contributed by atoms with Gasteiger partial charge in [-0.1, -0.05) is 122 Å². The highest BCUT2D eigenvalue weighted by Gasteiger charge is 2.28. The van der Waals surface area contributed by atoms with Gasteiger partial charge in [0.2, 0.25) is 0 Å². The summed E-state index contributed by atoms with van der Waals surface area (Å²) in [4.78, 5) is 13.7. The first-order valence-electron chi connectivity index (χ1n) is 19.5. The zero-order valence-electron chi connectivity index (χ0n) is 31.1. The van der Waals surface area contributed by atoms with E-state index in [9.17, 15) is 18.7 Å². The standard InChI is InChI=1S/C43H63F2N3O2/c1-43(2,3)26-17-9-7-5-4-6-8-10-18-28-47(42(49)50)29-19-27-46-41(35-22-15-12-16-23-35)40-30-36(38-31-37(44)24-25-39(38)45)33-48(40)32-34-20-13-11-14-21-34/h11,13-14,20-21,24-25,30-31,33,35,41,46H,4-10,12,15-19,22-23,26-29,32H2,1-3H3,(H,49,50)/t41-/m1/s1. The van der Waals surface area contributed by atoms with Crippen molar-refractivity contribution in [1.82, 2.24) is 14.8 Å². The Morgan fingerprint density at radius 1 is 0.860 bits per heavy atom. The van der Waals surface area contributed by atoms with Crippen molar-refractivity contribution in [2.75, 3.05) is 19.6 Å². The number of hydrogen-bond acceptors (Lipinski definition) is 2. The second-order valence-electron chi connectivity index (χ2n) is 15.8. The van der Waals surface area contributed by atoms with Crippen LogP contribution in [-0.2, 0) is 6.54 Å². The van der Waals surface area contributed by atoms with E-state index in [1.165, 1.54) is 82.8 Å². The minimum atomic E-state index is -0.845. The molecule has 0 saturated heterocycles. The monoisotopic (exact) mass is 691 g/mol. The van der Waals surface area contributed by atoms with Crippen molar-refractivity contribution in [3.05, 3.63) is 83.7 Å². The summed E-state index contributed by atoms with van der Waals surface area (Å²) in [6.07, 6.45) is 19.9. The quantitative estimate of drug-likeness (QED) is 0.109. The number of nitrogens with one attached hydrogen (secondary N) is 1. The van der Waals surface area contributed by atoms with Crippen molar-refractivity contribution in [1.29, 1.82) is 0 Å². The number of amides is 1.